The van der Waals surface area contributed by atoms with Crippen molar-refractivity contribution in [2.24, 2.45) is 5.73 Å². The van der Waals surface area contributed by atoms with E-state index in [2.05, 4.69) is 4.74 Å². The summed E-state index contributed by atoms with van der Waals surface area (Å²) in [6.45, 7) is -0.569. The minimum Gasteiger partial charge on any atom is -0.394 e. The van der Waals surface area contributed by atoms with E-state index < -0.39 is 36.2 Å². The van der Waals surface area contributed by atoms with Crippen molar-refractivity contribution in [1.82, 2.24) is 0 Å². The van der Waals surface area contributed by atoms with Gasteiger partial charge in [0.05, 0.1) is 6.61 Å². The third kappa shape index (κ3) is 1.94. The second kappa shape index (κ2) is 3.66. The van der Waals surface area contributed by atoms with Gasteiger partial charge < -0.3 is 30.9 Å². The van der Waals surface area contributed by atoms with Crippen LogP contribution in [-0.4, -0.2) is 56.6 Å². The molecule has 5 atom stereocenters. The predicted molar refractivity (Wildman–Crippen MR) is 42.8 cm³/mol. The lowest BCUT2D eigenvalue weighted by atomic mass is 9.98. The normalized spacial score (nSPS) is 52.2. The molecule has 13 heavy (non-hydrogen) atoms. The molecule has 0 aromatic heterocycles. The Kier molecular flexibility index (Phi) is 3.13. The maximum atomic E-state index is 9.27. The molecule has 0 saturated carbocycles. The Balaban J connectivity index is 2.79. The number of hydrogen-bond acceptors (Lipinski definition) is 6. The van der Waals surface area contributed by atoms with Gasteiger partial charge in [-0.2, -0.15) is 0 Å². The highest BCUT2D eigenvalue weighted by atomic mass is 35.5. The molecule has 0 bridgehead atoms. The lowest BCUT2D eigenvalue weighted by molar-refractivity contribution is -0.272. The molecule has 1 rings (SSSR count). The molecule has 6 N–H and O–H groups in total. The summed E-state index contributed by atoms with van der Waals surface area (Å²) in [5, 5.41) is 34.2. The first-order chi connectivity index (χ1) is 5.90. The molecule has 0 unspecified atom stereocenters. The Morgan fingerprint density at radius 3 is 2.38 bits per heavy atom. The number of alkyl halides is 1. The molecule has 0 radical (unpaired) electrons. The van der Waals surface area contributed by atoms with Gasteiger partial charge >= 0.3 is 0 Å². The van der Waals surface area contributed by atoms with E-state index in [0.29, 0.717) is 0 Å². The van der Waals surface area contributed by atoms with E-state index >= 15 is 0 Å². The van der Waals surface area contributed by atoms with Crippen LogP contribution in [0.25, 0.3) is 0 Å². The Hall–Kier alpha value is 0.0500. The van der Waals surface area contributed by atoms with Gasteiger partial charge in [0.25, 0.3) is 5.25 Å². The van der Waals surface area contributed by atoms with E-state index in [1.807, 2.05) is 0 Å². The summed E-state index contributed by atoms with van der Waals surface area (Å²) in [5.74, 6) is 0. The van der Waals surface area contributed by atoms with Crippen LogP contribution in [0, 0.1) is 0 Å². The lowest BCUT2D eigenvalue weighted by Crippen LogP contribution is -2.66. The predicted octanol–water partition coefficient (Wildman–Crippen LogP) is -2.69. The van der Waals surface area contributed by atoms with Gasteiger partial charge in [0.1, 0.15) is 24.4 Å². The second-order valence-corrected chi connectivity index (χ2v) is 3.50. The summed E-state index contributed by atoms with van der Waals surface area (Å²) in [4.78, 5) is 0. The van der Waals surface area contributed by atoms with E-state index in [9.17, 15) is 15.3 Å². The van der Waals surface area contributed by atoms with Crippen LogP contribution < -0.4 is 5.73 Å². The van der Waals surface area contributed by atoms with Crippen LogP contribution in [0.5, 0.6) is 0 Å². The Morgan fingerprint density at radius 2 is 1.92 bits per heavy atom. The van der Waals surface area contributed by atoms with Crippen molar-refractivity contribution in [3.63, 3.8) is 0 Å². The summed E-state index contributed by atoms with van der Waals surface area (Å²) < 4.78 is 4.65. The Morgan fingerprint density at radius 1 is 1.38 bits per heavy atom. The van der Waals surface area contributed by atoms with E-state index in [1.54, 1.807) is 0 Å². The van der Waals surface area contributed by atoms with Gasteiger partial charge in [-0.15, -0.1) is 0 Å². The topological polar surface area (TPSA) is 116 Å². The highest BCUT2D eigenvalue weighted by Crippen LogP contribution is 2.29. The average Bonchev–Trinajstić information content (AvgIpc) is 2.08. The van der Waals surface area contributed by atoms with E-state index in [1.165, 1.54) is 0 Å². The molecule has 7 heteroatoms. The summed E-state index contributed by atoms with van der Waals surface area (Å²) in [6, 6.07) is -1.33. The first-order valence-corrected chi connectivity index (χ1v) is 4.09. The minimum absolute atomic E-state index is 0.569. The number of aliphatic hydroxyl groups is 4. The van der Waals surface area contributed by atoms with Gasteiger partial charge in [0.15, 0.2) is 0 Å². The van der Waals surface area contributed by atoms with Gasteiger partial charge in [0.2, 0.25) is 0 Å². The van der Waals surface area contributed by atoms with Gasteiger partial charge in [-0.1, -0.05) is 11.6 Å². The number of hydrogen-bond donors (Lipinski definition) is 5. The van der Waals surface area contributed by atoms with Crippen LogP contribution >= 0.6 is 11.6 Å². The second-order valence-electron chi connectivity index (χ2n) is 2.95. The standard InChI is InChI=1S/C6H12ClNO5/c7-6(12)5(8)4(11)3(10)2(1-9)13-6/h2-5,9-12H,1,8H2/t2-,3-,4+,5-,6-/m1/s1. The molecular formula is C6H12ClNO5. The molecule has 6 nitrogen and oxygen atoms in total. The number of halogens is 1. The van der Waals surface area contributed by atoms with E-state index in [-0.39, 0.29) is 0 Å². The van der Waals surface area contributed by atoms with Crippen LogP contribution in [-0.2, 0) is 4.74 Å². The van der Waals surface area contributed by atoms with E-state index in [4.69, 9.17) is 22.4 Å². The quantitative estimate of drug-likeness (QED) is 0.303. The monoisotopic (exact) mass is 213 g/mol. The number of rotatable bonds is 1. The Bertz CT molecular complexity index is 188. The molecule has 0 spiro atoms. The number of nitrogens with two attached hydrogens (primary N) is 1. The number of aliphatic hydroxyl groups excluding tert-OH is 3. The molecule has 0 aromatic carbocycles. The smallest absolute Gasteiger partial charge is 0.264 e. The minimum atomic E-state index is -2.26. The fourth-order valence-corrected chi connectivity index (χ4v) is 1.39. The van der Waals surface area contributed by atoms with Crippen LogP contribution in [0.15, 0.2) is 0 Å². The molecule has 1 fully saturated rings. The van der Waals surface area contributed by atoms with Crippen LogP contribution in [0.4, 0.5) is 0 Å². The zero-order chi connectivity index (χ0) is 10.2. The third-order valence-electron chi connectivity index (χ3n) is 2.01. The molecular weight excluding hydrogens is 202 g/mol. The lowest BCUT2D eigenvalue weighted by Gasteiger charge is -2.42. The SMILES string of the molecule is N[C@@H]1[C@@H](O)[C@H](O)[C@@H](CO)O[C@@]1(O)Cl. The fraction of sp³-hybridized carbons (Fsp3) is 1.00. The van der Waals surface area contributed by atoms with Gasteiger partial charge in [-0.3, -0.25) is 0 Å². The van der Waals surface area contributed by atoms with Gasteiger partial charge in [-0.25, -0.2) is 0 Å². The zero-order valence-electron chi connectivity index (χ0n) is 6.67. The first kappa shape index (κ1) is 11.1. The van der Waals surface area contributed by atoms with Crippen molar-refractivity contribution in [1.29, 1.82) is 0 Å². The largest absolute Gasteiger partial charge is 0.394 e. The van der Waals surface area contributed by atoms with Crippen molar-refractivity contribution >= 4 is 11.6 Å². The molecule has 0 amide bonds. The third-order valence-corrected chi connectivity index (χ3v) is 2.35. The average molecular weight is 214 g/mol. The van der Waals surface area contributed by atoms with Gasteiger partial charge in [0, 0.05) is 0 Å². The summed E-state index contributed by atoms with van der Waals surface area (Å²) in [6.07, 6.45) is -3.94. The summed E-state index contributed by atoms with van der Waals surface area (Å²) >= 11 is 5.38. The maximum Gasteiger partial charge on any atom is 0.264 e. The molecule has 1 heterocycles. The molecule has 1 aliphatic heterocycles. The van der Waals surface area contributed by atoms with Crippen LogP contribution in [0.1, 0.15) is 0 Å². The van der Waals surface area contributed by atoms with Crippen molar-refractivity contribution in [3.05, 3.63) is 0 Å². The van der Waals surface area contributed by atoms with Crippen molar-refractivity contribution in [3.8, 4) is 0 Å². The highest BCUT2D eigenvalue weighted by Gasteiger charge is 2.50. The van der Waals surface area contributed by atoms with Crippen molar-refractivity contribution < 1.29 is 25.2 Å². The first-order valence-electron chi connectivity index (χ1n) is 3.72. The van der Waals surface area contributed by atoms with Crippen LogP contribution in [0.2, 0.25) is 0 Å². The van der Waals surface area contributed by atoms with Crippen molar-refractivity contribution in [2.75, 3.05) is 6.61 Å². The molecule has 1 aliphatic rings. The highest BCUT2D eigenvalue weighted by molar-refractivity contribution is 6.22. The number of ether oxygens (including phenoxy) is 1. The molecule has 1 saturated heterocycles. The summed E-state index contributed by atoms with van der Waals surface area (Å²) in [5.41, 5.74) is 5.26. The molecule has 0 aromatic rings. The zero-order valence-corrected chi connectivity index (χ0v) is 7.42. The maximum absolute atomic E-state index is 9.27. The fourth-order valence-electron chi connectivity index (χ4n) is 1.15. The molecule has 0 aliphatic carbocycles. The van der Waals surface area contributed by atoms with Gasteiger partial charge in [-0.05, 0) is 0 Å². The Labute approximate surface area is 79.5 Å². The van der Waals surface area contributed by atoms with Crippen LogP contribution in [0.3, 0.4) is 0 Å². The van der Waals surface area contributed by atoms with E-state index in [0.717, 1.165) is 0 Å². The van der Waals surface area contributed by atoms with Crippen molar-refractivity contribution in [2.45, 2.75) is 29.6 Å². The molecule has 78 valence electrons. The summed E-state index contributed by atoms with van der Waals surface area (Å²) in [7, 11) is 0.